The van der Waals surface area contributed by atoms with Gasteiger partial charge in [0.2, 0.25) is 5.89 Å². The molecule has 2 aromatic rings. The van der Waals surface area contributed by atoms with E-state index in [2.05, 4.69) is 15.5 Å². The van der Waals surface area contributed by atoms with Crippen LogP contribution in [-0.2, 0) is 22.5 Å². The summed E-state index contributed by atoms with van der Waals surface area (Å²) in [6, 6.07) is 5.28. The number of nitrogens with one attached hydrogen (secondary N) is 1. The minimum absolute atomic E-state index is 0.173. The van der Waals surface area contributed by atoms with Crippen LogP contribution in [0.5, 0.6) is 0 Å². The third-order valence-electron chi connectivity index (χ3n) is 4.75. The van der Waals surface area contributed by atoms with Gasteiger partial charge in [-0.3, -0.25) is 9.59 Å². The van der Waals surface area contributed by atoms with Gasteiger partial charge in [-0.25, -0.2) is 0 Å². The van der Waals surface area contributed by atoms with Gasteiger partial charge in [0.15, 0.2) is 5.82 Å². The molecule has 1 aliphatic heterocycles. The summed E-state index contributed by atoms with van der Waals surface area (Å²) >= 11 is 0. The molecule has 0 saturated carbocycles. The second-order valence-electron chi connectivity index (χ2n) is 6.98. The van der Waals surface area contributed by atoms with Gasteiger partial charge in [0.25, 0.3) is 11.8 Å². The number of aryl methyl sites for hydroxylation is 1. The highest BCUT2D eigenvalue weighted by Crippen LogP contribution is 2.22. The van der Waals surface area contributed by atoms with Crippen LogP contribution in [0.25, 0.3) is 0 Å². The standard InChI is InChI=1S/C20H26N4O4/c1-4-7-17-22-18(28-23-17)12-24(3)20(26)14-8-5-9-15(13(14)2)21-19(25)16-10-6-11-27-16/h5,8-9,16H,4,6-7,10-12H2,1-3H3,(H,21,25). The molecule has 0 spiro atoms. The van der Waals surface area contributed by atoms with Gasteiger partial charge < -0.3 is 19.5 Å². The van der Waals surface area contributed by atoms with Gasteiger partial charge in [-0.05, 0) is 43.9 Å². The number of nitrogens with zero attached hydrogens (tertiary/aromatic N) is 3. The van der Waals surface area contributed by atoms with Crippen LogP contribution in [0, 0.1) is 6.92 Å². The highest BCUT2D eigenvalue weighted by atomic mass is 16.5. The first-order valence-electron chi connectivity index (χ1n) is 9.58. The van der Waals surface area contributed by atoms with E-state index in [1.807, 2.05) is 13.8 Å². The first-order valence-corrected chi connectivity index (χ1v) is 9.58. The molecular weight excluding hydrogens is 360 g/mol. The summed E-state index contributed by atoms with van der Waals surface area (Å²) in [5.41, 5.74) is 1.84. The molecule has 1 aliphatic rings. The molecule has 0 aliphatic carbocycles. The number of hydrogen-bond donors (Lipinski definition) is 1. The fourth-order valence-corrected chi connectivity index (χ4v) is 3.16. The lowest BCUT2D eigenvalue weighted by molar-refractivity contribution is -0.124. The van der Waals surface area contributed by atoms with Crippen molar-refractivity contribution in [2.75, 3.05) is 19.0 Å². The first-order chi connectivity index (χ1) is 13.5. The quantitative estimate of drug-likeness (QED) is 0.786. The Morgan fingerprint density at radius 3 is 2.89 bits per heavy atom. The fourth-order valence-electron chi connectivity index (χ4n) is 3.16. The van der Waals surface area contributed by atoms with Crippen molar-refractivity contribution in [1.29, 1.82) is 0 Å². The minimum atomic E-state index is -0.420. The van der Waals surface area contributed by atoms with Crippen LogP contribution in [0.3, 0.4) is 0 Å². The van der Waals surface area contributed by atoms with Gasteiger partial charge in [-0.15, -0.1) is 0 Å². The Hall–Kier alpha value is -2.74. The van der Waals surface area contributed by atoms with E-state index in [9.17, 15) is 9.59 Å². The highest BCUT2D eigenvalue weighted by molar-refractivity contribution is 6.00. The maximum absolute atomic E-state index is 12.9. The van der Waals surface area contributed by atoms with Gasteiger partial charge in [0.05, 0.1) is 6.54 Å². The lowest BCUT2D eigenvalue weighted by atomic mass is 10.0. The van der Waals surface area contributed by atoms with Crippen LogP contribution < -0.4 is 5.32 Å². The zero-order valence-electron chi connectivity index (χ0n) is 16.5. The number of rotatable bonds is 7. The van der Waals surface area contributed by atoms with Crippen molar-refractivity contribution in [1.82, 2.24) is 15.0 Å². The van der Waals surface area contributed by atoms with Crippen LogP contribution in [0.1, 0.15) is 53.8 Å². The van der Waals surface area contributed by atoms with Gasteiger partial charge in [-0.2, -0.15) is 4.98 Å². The predicted molar refractivity (Wildman–Crippen MR) is 103 cm³/mol. The molecule has 8 heteroatoms. The van der Waals surface area contributed by atoms with E-state index in [4.69, 9.17) is 9.26 Å². The number of aromatic nitrogens is 2. The van der Waals surface area contributed by atoms with E-state index in [0.717, 1.165) is 25.7 Å². The molecule has 2 heterocycles. The van der Waals surface area contributed by atoms with Crippen molar-refractivity contribution in [2.45, 2.75) is 52.2 Å². The predicted octanol–water partition coefficient (Wildman–Crippen LogP) is 2.72. The van der Waals surface area contributed by atoms with Crippen LogP contribution in [0.15, 0.2) is 22.7 Å². The molecule has 2 amide bonds. The van der Waals surface area contributed by atoms with Gasteiger partial charge in [0, 0.05) is 31.3 Å². The zero-order valence-corrected chi connectivity index (χ0v) is 16.5. The van der Waals surface area contributed by atoms with Crippen molar-refractivity contribution < 1.29 is 18.8 Å². The van der Waals surface area contributed by atoms with Crippen LogP contribution in [-0.4, -0.2) is 46.6 Å². The summed E-state index contributed by atoms with van der Waals surface area (Å²) in [7, 11) is 1.68. The Morgan fingerprint density at radius 2 is 2.18 bits per heavy atom. The first kappa shape index (κ1) is 20.0. The van der Waals surface area contributed by atoms with E-state index in [-0.39, 0.29) is 18.4 Å². The summed E-state index contributed by atoms with van der Waals surface area (Å²) in [5.74, 6) is 0.696. The third-order valence-corrected chi connectivity index (χ3v) is 4.75. The normalized spacial score (nSPS) is 16.2. The van der Waals surface area contributed by atoms with Crippen LogP contribution in [0.4, 0.5) is 5.69 Å². The topological polar surface area (TPSA) is 97.6 Å². The molecule has 8 nitrogen and oxygen atoms in total. The molecule has 150 valence electrons. The maximum Gasteiger partial charge on any atom is 0.254 e. The van der Waals surface area contributed by atoms with E-state index in [1.54, 1.807) is 25.2 Å². The van der Waals surface area contributed by atoms with Crippen molar-refractivity contribution in [3.63, 3.8) is 0 Å². The fraction of sp³-hybridized carbons (Fsp3) is 0.500. The summed E-state index contributed by atoms with van der Waals surface area (Å²) in [6.45, 7) is 4.69. The number of ether oxygens (including phenoxy) is 1. The summed E-state index contributed by atoms with van der Waals surface area (Å²) < 4.78 is 10.6. The molecule has 3 rings (SSSR count). The Kier molecular flexibility index (Phi) is 6.41. The van der Waals surface area contributed by atoms with E-state index in [1.165, 1.54) is 4.90 Å². The average Bonchev–Trinajstić information content (AvgIpc) is 3.35. The van der Waals surface area contributed by atoms with Gasteiger partial charge in [-0.1, -0.05) is 18.1 Å². The second-order valence-corrected chi connectivity index (χ2v) is 6.98. The van der Waals surface area contributed by atoms with E-state index >= 15 is 0 Å². The molecule has 0 radical (unpaired) electrons. The third kappa shape index (κ3) is 4.56. The van der Waals surface area contributed by atoms with Crippen molar-refractivity contribution in [2.24, 2.45) is 0 Å². The molecule has 1 fully saturated rings. The van der Waals surface area contributed by atoms with Crippen molar-refractivity contribution >= 4 is 17.5 Å². The van der Waals surface area contributed by atoms with E-state index < -0.39 is 6.10 Å². The minimum Gasteiger partial charge on any atom is -0.368 e. The molecule has 0 bridgehead atoms. The second kappa shape index (κ2) is 8.97. The lowest BCUT2D eigenvalue weighted by Crippen LogP contribution is -2.29. The lowest BCUT2D eigenvalue weighted by Gasteiger charge is -2.18. The van der Waals surface area contributed by atoms with Crippen molar-refractivity contribution in [3.05, 3.63) is 41.0 Å². The van der Waals surface area contributed by atoms with Crippen molar-refractivity contribution in [3.8, 4) is 0 Å². The number of benzene rings is 1. The molecular formula is C20H26N4O4. The molecule has 1 saturated heterocycles. The Bertz CT molecular complexity index is 842. The SMILES string of the molecule is CCCc1noc(CN(C)C(=O)c2cccc(NC(=O)C3CCCO3)c2C)n1. The molecule has 1 atom stereocenters. The number of hydrogen-bond acceptors (Lipinski definition) is 6. The molecule has 1 aromatic heterocycles. The number of carbonyl (C=O) groups excluding carboxylic acids is 2. The number of carbonyl (C=O) groups is 2. The molecule has 28 heavy (non-hydrogen) atoms. The summed E-state index contributed by atoms with van der Waals surface area (Å²) in [5, 5.41) is 6.79. The van der Waals surface area contributed by atoms with Gasteiger partial charge >= 0.3 is 0 Å². The van der Waals surface area contributed by atoms with Crippen LogP contribution >= 0.6 is 0 Å². The molecule has 1 unspecified atom stereocenters. The highest BCUT2D eigenvalue weighted by Gasteiger charge is 2.25. The smallest absolute Gasteiger partial charge is 0.254 e. The molecule has 1 N–H and O–H groups in total. The molecule has 1 aromatic carbocycles. The Balaban J connectivity index is 1.69. The largest absolute Gasteiger partial charge is 0.368 e. The number of anilines is 1. The average molecular weight is 386 g/mol. The number of amides is 2. The van der Waals surface area contributed by atoms with E-state index in [0.29, 0.717) is 35.1 Å². The Morgan fingerprint density at radius 1 is 1.36 bits per heavy atom. The van der Waals surface area contributed by atoms with Crippen LogP contribution in [0.2, 0.25) is 0 Å². The Labute approximate surface area is 164 Å². The monoisotopic (exact) mass is 386 g/mol. The van der Waals surface area contributed by atoms with Gasteiger partial charge in [0.1, 0.15) is 6.10 Å². The summed E-state index contributed by atoms with van der Waals surface area (Å²) in [4.78, 5) is 31.0. The maximum atomic E-state index is 12.9. The zero-order chi connectivity index (χ0) is 20.1. The summed E-state index contributed by atoms with van der Waals surface area (Å²) in [6.07, 6.45) is 2.85.